The van der Waals surface area contributed by atoms with E-state index in [1.54, 1.807) is 31.4 Å². The molecule has 184 valence electrons. The number of nitrogens with one attached hydrogen (secondary N) is 1. The summed E-state index contributed by atoms with van der Waals surface area (Å²) in [6, 6.07) is 3.58. The maximum atomic E-state index is 13.0. The van der Waals surface area contributed by atoms with Crippen molar-refractivity contribution >= 4 is 27.5 Å². The molecule has 0 aromatic carbocycles. The average molecular weight is 490 g/mol. The molecule has 0 bridgehead atoms. The van der Waals surface area contributed by atoms with Gasteiger partial charge in [-0.1, -0.05) is 19.9 Å². The summed E-state index contributed by atoms with van der Waals surface area (Å²) in [4.78, 5) is 35.7. The molecule has 9 nitrogen and oxygen atoms in total. The van der Waals surface area contributed by atoms with Crippen LogP contribution in [0, 0.1) is 0 Å². The van der Waals surface area contributed by atoms with Crippen LogP contribution >= 0.6 is 11.3 Å². The zero-order chi connectivity index (χ0) is 24.7. The molecule has 10 heteroatoms. The van der Waals surface area contributed by atoms with Crippen LogP contribution in [0.1, 0.15) is 53.5 Å². The third kappa shape index (κ3) is 6.41. The number of carbonyl (C=O) groups is 1. The van der Waals surface area contributed by atoms with Crippen LogP contribution in [-0.4, -0.2) is 58.4 Å². The third-order valence-electron chi connectivity index (χ3n) is 5.05. The second-order valence-corrected chi connectivity index (χ2v) is 9.14. The smallest absolute Gasteiger partial charge is 0.348 e. The topological polar surface area (TPSA) is 118 Å². The number of carbonyl (C=O) groups excluding carboxylic acids is 1. The molecule has 3 aromatic rings. The summed E-state index contributed by atoms with van der Waals surface area (Å²) < 4.78 is 15.9. The lowest BCUT2D eigenvalue weighted by molar-refractivity contribution is 0.00528. The molecule has 2 N–H and O–H groups in total. The van der Waals surface area contributed by atoms with Gasteiger partial charge in [0.25, 0.3) is 5.56 Å². The fraction of sp³-hybridized carbons (Fsp3) is 0.458. The third-order valence-corrected chi connectivity index (χ3v) is 6.13. The molecule has 0 saturated heterocycles. The molecule has 0 saturated carbocycles. The number of furan rings is 1. The average Bonchev–Trinajstić information content (AvgIpc) is 3.42. The van der Waals surface area contributed by atoms with Crippen LogP contribution in [0.5, 0.6) is 0 Å². The van der Waals surface area contributed by atoms with Gasteiger partial charge in [-0.2, -0.15) is 0 Å². The first-order chi connectivity index (χ1) is 16.3. The Morgan fingerprint density at radius 1 is 1.44 bits per heavy atom. The highest BCUT2D eigenvalue weighted by Gasteiger charge is 2.25. The van der Waals surface area contributed by atoms with Gasteiger partial charge >= 0.3 is 5.97 Å². The summed E-state index contributed by atoms with van der Waals surface area (Å²) in [5.41, 5.74) is 0.363. The van der Waals surface area contributed by atoms with Gasteiger partial charge in [0.2, 0.25) is 0 Å². The van der Waals surface area contributed by atoms with E-state index in [0.717, 1.165) is 0 Å². The Hall–Kier alpha value is -2.79. The van der Waals surface area contributed by atoms with E-state index in [1.165, 1.54) is 11.3 Å². The number of aromatic amines is 1. The minimum absolute atomic E-state index is 0.0458. The number of hydrogen-bond donors (Lipinski definition) is 2. The van der Waals surface area contributed by atoms with Crippen molar-refractivity contribution in [2.45, 2.75) is 45.9 Å². The highest BCUT2D eigenvalue weighted by Crippen LogP contribution is 2.33. The molecule has 34 heavy (non-hydrogen) atoms. The normalized spacial score (nSPS) is 12.5. The van der Waals surface area contributed by atoms with Crippen LogP contribution in [0.15, 0.2) is 40.3 Å². The van der Waals surface area contributed by atoms with Crippen LogP contribution in [0.25, 0.3) is 10.2 Å². The number of rotatable bonds is 13. The van der Waals surface area contributed by atoms with Gasteiger partial charge in [0.15, 0.2) is 0 Å². The van der Waals surface area contributed by atoms with Crippen molar-refractivity contribution in [3.05, 3.63) is 63.4 Å². The van der Waals surface area contributed by atoms with Crippen molar-refractivity contribution in [1.82, 2.24) is 14.9 Å². The molecular weight excluding hydrogens is 458 g/mol. The van der Waals surface area contributed by atoms with Crippen molar-refractivity contribution in [2.24, 2.45) is 0 Å². The van der Waals surface area contributed by atoms with Crippen LogP contribution in [0.3, 0.4) is 0 Å². The number of ether oxygens (including phenoxy) is 2. The maximum Gasteiger partial charge on any atom is 0.348 e. The van der Waals surface area contributed by atoms with Gasteiger partial charge in [-0.05, 0) is 30.5 Å². The fourth-order valence-corrected chi connectivity index (χ4v) is 4.93. The first-order valence-corrected chi connectivity index (χ1v) is 12.0. The molecular formula is C24H31N3O6S. The molecule has 0 aliphatic carbocycles. The number of esters is 1. The second-order valence-electron chi connectivity index (χ2n) is 8.14. The Morgan fingerprint density at radius 2 is 2.24 bits per heavy atom. The maximum absolute atomic E-state index is 13.0. The van der Waals surface area contributed by atoms with Gasteiger partial charge in [-0.15, -0.1) is 17.9 Å². The van der Waals surface area contributed by atoms with Crippen molar-refractivity contribution in [2.75, 3.05) is 26.3 Å². The second kappa shape index (κ2) is 12.1. The van der Waals surface area contributed by atoms with Crippen molar-refractivity contribution in [3.8, 4) is 0 Å². The number of aliphatic hydroxyl groups is 1. The summed E-state index contributed by atoms with van der Waals surface area (Å²) in [5, 5.41) is 10.8. The van der Waals surface area contributed by atoms with Gasteiger partial charge in [0.1, 0.15) is 27.9 Å². The first-order valence-electron chi connectivity index (χ1n) is 11.2. The van der Waals surface area contributed by atoms with E-state index in [1.807, 2.05) is 18.7 Å². The summed E-state index contributed by atoms with van der Waals surface area (Å²) >= 11 is 1.17. The number of thiophene rings is 1. The van der Waals surface area contributed by atoms with Crippen LogP contribution in [-0.2, 0) is 22.6 Å². The number of fused-ring (bicyclic) bond motifs is 1. The van der Waals surface area contributed by atoms with Crippen LogP contribution in [0.2, 0.25) is 0 Å². The Balaban J connectivity index is 1.76. The van der Waals surface area contributed by atoms with E-state index in [0.29, 0.717) is 45.3 Å². The molecule has 0 aliphatic heterocycles. The van der Waals surface area contributed by atoms with E-state index in [4.69, 9.17) is 13.9 Å². The lowest BCUT2D eigenvalue weighted by atomic mass is 10.0. The van der Waals surface area contributed by atoms with E-state index >= 15 is 0 Å². The Morgan fingerprint density at radius 3 is 2.88 bits per heavy atom. The SMILES string of the molecule is C=CCN(Cc1nc2sc(C(=O)OCC)c(C(C)C)c2c(=O)[nH]1)CC(O)COCc1ccco1. The highest BCUT2D eigenvalue weighted by atomic mass is 32.1. The standard InChI is InChI=1S/C24H31N3O6S/c1-5-9-27(11-16(28)13-31-14-17-8-7-10-33-17)12-18-25-22(29)20-19(15(3)4)21(24(30)32-6-2)34-23(20)26-18/h5,7-8,10,15-16,28H,1,6,9,11-14H2,2-4H3,(H,25,26,29). The first kappa shape index (κ1) is 25.8. The largest absolute Gasteiger partial charge is 0.467 e. The van der Waals surface area contributed by atoms with Gasteiger partial charge < -0.3 is 24.0 Å². The van der Waals surface area contributed by atoms with Crippen molar-refractivity contribution in [3.63, 3.8) is 0 Å². The Labute approximate surface area is 202 Å². The van der Waals surface area contributed by atoms with E-state index in [-0.39, 0.29) is 37.8 Å². The van der Waals surface area contributed by atoms with E-state index in [2.05, 4.69) is 16.5 Å². The van der Waals surface area contributed by atoms with E-state index in [9.17, 15) is 14.7 Å². The number of H-pyrrole nitrogens is 1. The van der Waals surface area contributed by atoms with E-state index < -0.39 is 12.1 Å². The molecule has 3 aromatic heterocycles. The lowest BCUT2D eigenvalue weighted by Gasteiger charge is -2.23. The Kier molecular flexibility index (Phi) is 9.17. The van der Waals surface area contributed by atoms with Gasteiger partial charge in [0.05, 0.1) is 37.5 Å². The number of nitrogens with zero attached hydrogens (tertiary/aromatic N) is 2. The molecule has 0 spiro atoms. The van der Waals surface area contributed by atoms with Gasteiger partial charge in [-0.3, -0.25) is 9.69 Å². The predicted molar refractivity (Wildman–Crippen MR) is 130 cm³/mol. The van der Waals surface area contributed by atoms with Crippen molar-refractivity contribution in [1.29, 1.82) is 0 Å². The highest BCUT2D eigenvalue weighted by molar-refractivity contribution is 7.20. The van der Waals surface area contributed by atoms with Gasteiger partial charge in [0, 0.05) is 13.1 Å². The summed E-state index contributed by atoms with van der Waals surface area (Å²) in [5.74, 6) is 0.635. The summed E-state index contributed by atoms with van der Waals surface area (Å²) in [6.45, 7) is 11.1. The zero-order valence-corrected chi connectivity index (χ0v) is 20.5. The van der Waals surface area contributed by atoms with Crippen LogP contribution < -0.4 is 5.56 Å². The fourth-order valence-electron chi connectivity index (χ4n) is 3.69. The number of hydrogen-bond acceptors (Lipinski definition) is 9. The minimum atomic E-state index is -0.755. The zero-order valence-electron chi connectivity index (χ0n) is 19.7. The molecule has 3 rings (SSSR count). The molecule has 1 unspecified atom stereocenters. The summed E-state index contributed by atoms with van der Waals surface area (Å²) in [6.07, 6.45) is 2.53. The van der Waals surface area contributed by atoms with Crippen LogP contribution in [0.4, 0.5) is 0 Å². The molecule has 0 radical (unpaired) electrons. The summed E-state index contributed by atoms with van der Waals surface area (Å²) in [7, 11) is 0. The number of aromatic nitrogens is 2. The molecule has 0 aliphatic rings. The minimum Gasteiger partial charge on any atom is -0.467 e. The quantitative estimate of drug-likeness (QED) is 0.277. The number of aliphatic hydroxyl groups excluding tert-OH is 1. The monoisotopic (exact) mass is 489 g/mol. The predicted octanol–water partition coefficient (Wildman–Crippen LogP) is 3.44. The van der Waals surface area contributed by atoms with Crippen molar-refractivity contribution < 1.29 is 23.8 Å². The molecule has 1 atom stereocenters. The molecule has 3 heterocycles. The molecule has 0 fully saturated rings. The lowest BCUT2D eigenvalue weighted by Crippen LogP contribution is -2.35. The van der Waals surface area contributed by atoms with Gasteiger partial charge in [-0.25, -0.2) is 9.78 Å². The molecule has 0 amide bonds. The Bertz CT molecular complexity index is 1150.